The van der Waals surface area contributed by atoms with Crippen LogP contribution in [0.2, 0.25) is 0 Å². The monoisotopic (exact) mass is 374 g/mol. The Bertz CT molecular complexity index is 952. The van der Waals surface area contributed by atoms with Gasteiger partial charge in [0.05, 0.1) is 17.1 Å². The first-order chi connectivity index (χ1) is 13.0. The number of para-hydroxylation sites is 2. The summed E-state index contributed by atoms with van der Waals surface area (Å²) in [5, 5.41) is 9.63. The first-order valence-corrected chi connectivity index (χ1v) is 8.97. The number of nitrogens with zero attached hydrogens (tertiary/aromatic N) is 4. The number of aliphatic hydroxyl groups excluding tert-OH is 1. The second kappa shape index (κ2) is 7.19. The third-order valence-electron chi connectivity index (χ3n) is 4.74. The summed E-state index contributed by atoms with van der Waals surface area (Å²) in [7, 11) is 0. The van der Waals surface area contributed by atoms with Crippen molar-refractivity contribution in [1.29, 1.82) is 0 Å². The van der Waals surface area contributed by atoms with Gasteiger partial charge in [-0.25, -0.2) is 18.7 Å². The third-order valence-corrected chi connectivity index (χ3v) is 4.74. The highest BCUT2D eigenvalue weighted by Gasteiger charge is 2.24. The van der Waals surface area contributed by atoms with Gasteiger partial charge in [-0.05, 0) is 44.7 Å². The molecule has 4 rings (SSSR count). The number of halogens is 2. The van der Waals surface area contributed by atoms with Crippen molar-refractivity contribution in [1.82, 2.24) is 19.5 Å². The van der Waals surface area contributed by atoms with Gasteiger partial charge in [0, 0.05) is 6.07 Å². The Balaban J connectivity index is 1.73. The topological polar surface area (TPSA) is 73.1 Å². The van der Waals surface area contributed by atoms with Crippen molar-refractivity contribution in [2.24, 2.45) is 0 Å². The van der Waals surface area contributed by atoms with Gasteiger partial charge in [0.15, 0.2) is 5.82 Å². The molecule has 0 amide bonds. The van der Waals surface area contributed by atoms with Gasteiger partial charge in [-0.3, -0.25) is 4.57 Å². The third kappa shape index (κ3) is 3.62. The second-order valence-corrected chi connectivity index (χ2v) is 6.75. The van der Waals surface area contributed by atoms with Gasteiger partial charge in [0.1, 0.15) is 17.7 Å². The molecule has 0 spiro atoms. The molecule has 27 heavy (non-hydrogen) atoms. The maximum absolute atomic E-state index is 13.6. The molecule has 0 saturated heterocycles. The molecule has 1 saturated carbocycles. The SMILES string of the molecule is Cc1nc(O[C@H]2CC[C@H](O)CC2)cc(-n2c(C(F)F)nc3ccccc32)n1. The van der Waals surface area contributed by atoms with Crippen LogP contribution in [-0.2, 0) is 0 Å². The van der Waals surface area contributed by atoms with Crippen molar-refractivity contribution in [3.63, 3.8) is 0 Å². The minimum Gasteiger partial charge on any atom is -0.474 e. The summed E-state index contributed by atoms with van der Waals surface area (Å²) in [6, 6.07) is 8.52. The summed E-state index contributed by atoms with van der Waals surface area (Å²) in [5.41, 5.74) is 1.03. The maximum atomic E-state index is 13.6. The molecule has 0 unspecified atom stereocenters. The average molecular weight is 374 g/mol. The maximum Gasteiger partial charge on any atom is 0.296 e. The Morgan fingerprint density at radius 2 is 1.85 bits per heavy atom. The van der Waals surface area contributed by atoms with Gasteiger partial charge < -0.3 is 9.84 Å². The summed E-state index contributed by atoms with van der Waals surface area (Å²) in [4.78, 5) is 12.7. The van der Waals surface area contributed by atoms with Crippen molar-refractivity contribution >= 4 is 11.0 Å². The summed E-state index contributed by atoms with van der Waals surface area (Å²) < 4.78 is 34.5. The Morgan fingerprint density at radius 1 is 1.11 bits per heavy atom. The summed E-state index contributed by atoms with van der Waals surface area (Å²) in [6.45, 7) is 1.70. The number of fused-ring (bicyclic) bond motifs is 1. The lowest BCUT2D eigenvalue weighted by Gasteiger charge is -2.25. The van der Waals surface area contributed by atoms with Crippen molar-refractivity contribution < 1.29 is 18.6 Å². The molecule has 0 radical (unpaired) electrons. The minimum absolute atomic E-state index is 0.0512. The van der Waals surface area contributed by atoms with Crippen LogP contribution in [0.3, 0.4) is 0 Å². The van der Waals surface area contributed by atoms with E-state index >= 15 is 0 Å². The Labute approximate surface area is 154 Å². The van der Waals surface area contributed by atoms with Gasteiger partial charge in [-0.15, -0.1) is 0 Å². The number of aryl methyl sites for hydroxylation is 1. The number of aromatic nitrogens is 4. The molecular formula is C19H20F2N4O2. The van der Waals surface area contributed by atoms with E-state index in [1.165, 1.54) is 4.57 Å². The summed E-state index contributed by atoms with van der Waals surface area (Å²) in [5.74, 6) is 0.714. The van der Waals surface area contributed by atoms with Crippen LogP contribution in [0, 0.1) is 6.92 Å². The number of rotatable bonds is 4. The minimum atomic E-state index is -2.74. The van der Waals surface area contributed by atoms with Crippen LogP contribution in [0.15, 0.2) is 30.3 Å². The Morgan fingerprint density at radius 3 is 2.59 bits per heavy atom. The lowest BCUT2D eigenvalue weighted by molar-refractivity contribution is 0.0642. The molecule has 1 aromatic carbocycles. The fourth-order valence-corrected chi connectivity index (χ4v) is 3.47. The first kappa shape index (κ1) is 17.8. The van der Waals surface area contributed by atoms with Gasteiger partial charge in [-0.1, -0.05) is 12.1 Å². The molecule has 0 atom stereocenters. The lowest BCUT2D eigenvalue weighted by Crippen LogP contribution is -2.27. The highest BCUT2D eigenvalue weighted by Crippen LogP contribution is 2.29. The zero-order valence-electron chi connectivity index (χ0n) is 14.8. The van der Waals surface area contributed by atoms with E-state index in [0.29, 0.717) is 41.4 Å². The smallest absolute Gasteiger partial charge is 0.296 e. The molecule has 8 heteroatoms. The normalized spacial score (nSPS) is 20.3. The number of hydrogen-bond donors (Lipinski definition) is 1. The van der Waals surface area contributed by atoms with Crippen LogP contribution in [0.5, 0.6) is 5.88 Å². The second-order valence-electron chi connectivity index (χ2n) is 6.75. The largest absolute Gasteiger partial charge is 0.474 e. The molecule has 1 fully saturated rings. The molecule has 142 valence electrons. The van der Waals surface area contributed by atoms with Crippen LogP contribution in [0.25, 0.3) is 16.9 Å². The van der Waals surface area contributed by atoms with Gasteiger partial charge in [0.2, 0.25) is 5.88 Å². The Hall–Kier alpha value is -2.61. The quantitative estimate of drug-likeness (QED) is 0.753. The molecule has 0 aliphatic heterocycles. The molecule has 0 bridgehead atoms. The lowest BCUT2D eigenvalue weighted by atomic mass is 9.95. The molecule has 1 N–H and O–H groups in total. The predicted octanol–water partition coefficient (Wildman–Crippen LogP) is 3.74. The fourth-order valence-electron chi connectivity index (χ4n) is 3.47. The van der Waals surface area contributed by atoms with E-state index in [9.17, 15) is 13.9 Å². The molecular weight excluding hydrogens is 354 g/mol. The number of benzene rings is 1. The molecule has 2 aromatic heterocycles. The van der Waals surface area contributed by atoms with E-state index in [2.05, 4.69) is 15.0 Å². The van der Waals surface area contributed by atoms with E-state index < -0.39 is 6.43 Å². The summed E-state index contributed by atoms with van der Waals surface area (Å²) in [6.07, 6.45) is -0.238. The van der Waals surface area contributed by atoms with Gasteiger partial charge in [0.25, 0.3) is 6.43 Å². The van der Waals surface area contributed by atoms with Crippen LogP contribution in [-0.4, -0.2) is 36.8 Å². The van der Waals surface area contributed by atoms with Crippen LogP contribution in [0.4, 0.5) is 8.78 Å². The van der Waals surface area contributed by atoms with Crippen molar-refractivity contribution in [2.75, 3.05) is 0 Å². The van der Waals surface area contributed by atoms with E-state index in [4.69, 9.17) is 4.74 Å². The van der Waals surface area contributed by atoms with Gasteiger partial charge in [-0.2, -0.15) is 4.98 Å². The van der Waals surface area contributed by atoms with Crippen LogP contribution in [0.1, 0.15) is 43.8 Å². The summed E-state index contributed by atoms with van der Waals surface area (Å²) >= 11 is 0. The molecule has 1 aliphatic rings. The molecule has 6 nitrogen and oxygen atoms in total. The number of imidazole rings is 1. The zero-order chi connectivity index (χ0) is 19.0. The van der Waals surface area contributed by atoms with E-state index in [1.807, 2.05) is 0 Å². The highest BCUT2D eigenvalue weighted by molar-refractivity contribution is 5.78. The first-order valence-electron chi connectivity index (χ1n) is 8.97. The molecule has 2 heterocycles. The number of aliphatic hydroxyl groups is 1. The van der Waals surface area contributed by atoms with Crippen molar-refractivity contribution in [2.45, 2.75) is 51.2 Å². The highest BCUT2D eigenvalue weighted by atomic mass is 19.3. The van der Waals surface area contributed by atoms with Gasteiger partial charge >= 0.3 is 0 Å². The van der Waals surface area contributed by atoms with E-state index in [0.717, 1.165) is 12.8 Å². The van der Waals surface area contributed by atoms with Crippen LogP contribution < -0.4 is 4.74 Å². The van der Waals surface area contributed by atoms with Crippen molar-refractivity contribution in [3.05, 3.63) is 42.0 Å². The van der Waals surface area contributed by atoms with Crippen molar-refractivity contribution in [3.8, 4) is 11.7 Å². The average Bonchev–Trinajstić information content (AvgIpc) is 3.03. The van der Waals surface area contributed by atoms with Crippen LogP contribution >= 0.6 is 0 Å². The standard InChI is InChI=1S/C19H20F2N4O2/c1-11-22-16(10-17(23-11)27-13-8-6-12(26)7-9-13)25-15-5-3-2-4-14(15)24-19(25)18(20)21/h2-5,10,12-13,18,26H,6-9H2,1H3/t12-,13-. The number of ether oxygens (including phenoxy) is 1. The molecule has 1 aliphatic carbocycles. The molecule has 3 aromatic rings. The predicted molar refractivity (Wildman–Crippen MR) is 95.2 cm³/mol. The number of alkyl halides is 2. The Kier molecular flexibility index (Phi) is 4.73. The zero-order valence-corrected chi connectivity index (χ0v) is 14.8. The number of hydrogen-bond acceptors (Lipinski definition) is 5. The van der Waals surface area contributed by atoms with E-state index in [1.54, 1.807) is 37.3 Å². The fraction of sp³-hybridized carbons (Fsp3) is 0.421. The van der Waals surface area contributed by atoms with E-state index in [-0.39, 0.29) is 18.0 Å².